The first-order valence-electron chi connectivity index (χ1n) is 10.9. The number of carbonyl (C=O) groups is 2. The van der Waals surface area contributed by atoms with Crippen LogP contribution in [0.2, 0.25) is 0 Å². The minimum Gasteiger partial charge on any atom is -0.483 e. The van der Waals surface area contributed by atoms with Gasteiger partial charge in [0.2, 0.25) is 5.91 Å². The molecule has 1 aromatic rings. The first-order chi connectivity index (χ1) is 14.6. The van der Waals surface area contributed by atoms with E-state index in [1.165, 1.54) is 5.56 Å². The molecule has 7 nitrogen and oxygen atoms in total. The minimum atomic E-state index is -0.471. The topological polar surface area (TPSA) is 91.1 Å². The van der Waals surface area contributed by atoms with Crippen molar-refractivity contribution in [3.05, 3.63) is 29.8 Å². The van der Waals surface area contributed by atoms with Crippen molar-refractivity contribution in [3.63, 3.8) is 0 Å². The van der Waals surface area contributed by atoms with E-state index in [2.05, 4.69) is 6.07 Å². The molecule has 166 valence electrons. The Balaban J connectivity index is 1.50. The van der Waals surface area contributed by atoms with E-state index < -0.39 is 5.91 Å². The molecule has 0 radical (unpaired) electrons. The lowest BCUT2D eigenvalue weighted by Gasteiger charge is -2.33. The smallest absolute Gasteiger partial charge is 0.260 e. The molecule has 30 heavy (non-hydrogen) atoms. The molecule has 2 fully saturated rings. The molecule has 7 heteroatoms. The summed E-state index contributed by atoms with van der Waals surface area (Å²) in [5.41, 5.74) is 6.30. The average Bonchev–Trinajstić information content (AvgIpc) is 2.78. The molecular weight excluding hydrogens is 384 g/mol. The number of ether oxygens (including phenoxy) is 3. The molecular formula is C23H34N2O5. The Hall–Kier alpha value is -2.12. The third-order valence-corrected chi connectivity index (χ3v) is 6.19. The molecule has 3 rings (SSSR count). The van der Waals surface area contributed by atoms with E-state index in [1.54, 1.807) is 7.11 Å². The summed E-state index contributed by atoms with van der Waals surface area (Å²) in [5.74, 6) is 1.01. The average molecular weight is 419 g/mol. The van der Waals surface area contributed by atoms with Crippen molar-refractivity contribution in [2.75, 3.05) is 40.0 Å². The predicted molar refractivity (Wildman–Crippen MR) is 113 cm³/mol. The van der Waals surface area contributed by atoms with Gasteiger partial charge in [0, 0.05) is 20.2 Å². The van der Waals surface area contributed by atoms with Crippen LogP contribution in [0.5, 0.6) is 5.75 Å². The third-order valence-electron chi connectivity index (χ3n) is 6.19. The molecule has 1 heterocycles. The molecule has 2 aliphatic rings. The van der Waals surface area contributed by atoms with Crippen molar-refractivity contribution < 1.29 is 23.8 Å². The summed E-state index contributed by atoms with van der Waals surface area (Å²) in [4.78, 5) is 25.4. The zero-order valence-electron chi connectivity index (χ0n) is 17.9. The first-order valence-corrected chi connectivity index (χ1v) is 10.9. The SMILES string of the molecule is COC1CCC(c2ccccc2OCC(=O)N2CCCC(COCC(N)=O)C2)CC1. The second kappa shape index (κ2) is 11.3. The third kappa shape index (κ3) is 6.44. The minimum absolute atomic E-state index is 0.00695. The Labute approximate surface area is 178 Å². The number of nitrogens with zero attached hydrogens (tertiary/aromatic N) is 1. The summed E-state index contributed by atoms with van der Waals surface area (Å²) in [5, 5.41) is 0. The first kappa shape index (κ1) is 22.6. The van der Waals surface area contributed by atoms with Crippen molar-refractivity contribution in [2.24, 2.45) is 11.7 Å². The van der Waals surface area contributed by atoms with Crippen LogP contribution in [-0.2, 0) is 19.1 Å². The van der Waals surface area contributed by atoms with Crippen LogP contribution in [0.15, 0.2) is 24.3 Å². The summed E-state index contributed by atoms with van der Waals surface area (Å²) in [7, 11) is 1.78. The van der Waals surface area contributed by atoms with Crippen LogP contribution in [0.25, 0.3) is 0 Å². The molecule has 0 aromatic heterocycles. The number of likely N-dealkylation sites (tertiary alicyclic amines) is 1. The molecule has 1 aromatic carbocycles. The van der Waals surface area contributed by atoms with E-state index in [1.807, 2.05) is 23.1 Å². The Morgan fingerprint density at radius 3 is 2.60 bits per heavy atom. The summed E-state index contributed by atoms with van der Waals surface area (Å²) < 4.78 is 16.8. The Bertz CT molecular complexity index is 703. The predicted octanol–water partition coefficient (Wildman–Crippen LogP) is 2.48. The van der Waals surface area contributed by atoms with Crippen molar-refractivity contribution in [3.8, 4) is 5.75 Å². The fraction of sp³-hybridized carbons (Fsp3) is 0.652. The van der Waals surface area contributed by atoms with Crippen LogP contribution >= 0.6 is 0 Å². The molecule has 2 N–H and O–H groups in total. The second-order valence-corrected chi connectivity index (χ2v) is 8.37. The van der Waals surface area contributed by atoms with Gasteiger partial charge in [-0.25, -0.2) is 0 Å². The van der Waals surface area contributed by atoms with Crippen LogP contribution in [0, 0.1) is 5.92 Å². The highest BCUT2D eigenvalue weighted by molar-refractivity contribution is 5.78. The van der Waals surface area contributed by atoms with Gasteiger partial charge in [-0.15, -0.1) is 0 Å². The molecule has 0 bridgehead atoms. The number of carbonyl (C=O) groups excluding carboxylic acids is 2. The van der Waals surface area contributed by atoms with Gasteiger partial charge in [-0.2, -0.15) is 0 Å². The summed E-state index contributed by atoms with van der Waals surface area (Å²) >= 11 is 0. The lowest BCUT2D eigenvalue weighted by Crippen LogP contribution is -2.43. The number of amides is 2. The van der Waals surface area contributed by atoms with E-state index in [0.717, 1.165) is 50.8 Å². The number of hydrogen-bond donors (Lipinski definition) is 1. The number of piperidine rings is 1. The second-order valence-electron chi connectivity index (χ2n) is 8.37. The number of methoxy groups -OCH3 is 1. The molecule has 1 saturated carbocycles. The zero-order chi connectivity index (χ0) is 21.3. The van der Waals surface area contributed by atoms with Gasteiger partial charge in [-0.3, -0.25) is 9.59 Å². The largest absolute Gasteiger partial charge is 0.483 e. The van der Waals surface area contributed by atoms with Crippen LogP contribution in [0.4, 0.5) is 0 Å². The fourth-order valence-electron chi connectivity index (χ4n) is 4.54. The van der Waals surface area contributed by atoms with E-state index in [-0.39, 0.29) is 25.0 Å². The number of benzene rings is 1. The van der Waals surface area contributed by atoms with E-state index in [4.69, 9.17) is 19.9 Å². The number of rotatable bonds is 9. The van der Waals surface area contributed by atoms with Gasteiger partial charge >= 0.3 is 0 Å². The Kier molecular flexibility index (Phi) is 8.51. The highest BCUT2D eigenvalue weighted by Crippen LogP contribution is 2.38. The zero-order valence-corrected chi connectivity index (χ0v) is 17.9. The molecule has 0 spiro atoms. The van der Waals surface area contributed by atoms with Gasteiger partial charge in [0.1, 0.15) is 12.4 Å². The van der Waals surface area contributed by atoms with Crippen LogP contribution in [-0.4, -0.2) is 62.8 Å². The lowest BCUT2D eigenvalue weighted by atomic mass is 9.82. The summed E-state index contributed by atoms with van der Waals surface area (Å²) in [6.07, 6.45) is 6.53. The molecule has 2 amide bonds. The van der Waals surface area contributed by atoms with Crippen molar-refractivity contribution >= 4 is 11.8 Å². The molecule has 1 unspecified atom stereocenters. The van der Waals surface area contributed by atoms with Gasteiger partial charge < -0.3 is 24.8 Å². The van der Waals surface area contributed by atoms with Crippen molar-refractivity contribution in [1.29, 1.82) is 0 Å². The van der Waals surface area contributed by atoms with E-state index >= 15 is 0 Å². The Morgan fingerprint density at radius 1 is 1.10 bits per heavy atom. The van der Waals surface area contributed by atoms with Crippen molar-refractivity contribution in [2.45, 2.75) is 50.5 Å². The maximum absolute atomic E-state index is 12.7. The number of primary amides is 1. The summed E-state index contributed by atoms with van der Waals surface area (Å²) in [6.45, 7) is 1.78. The molecule has 1 saturated heterocycles. The van der Waals surface area contributed by atoms with Crippen LogP contribution in [0.1, 0.15) is 50.0 Å². The van der Waals surface area contributed by atoms with Gasteiger partial charge in [0.15, 0.2) is 6.61 Å². The summed E-state index contributed by atoms with van der Waals surface area (Å²) in [6, 6.07) is 8.07. The van der Waals surface area contributed by atoms with Crippen molar-refractivity contribution in [1.82, 2.24) is 4.90 Å². The normalized spacial score (nSPS) is 24.4. The maximum Gasteiger partial charge on any atom is 0.260 e. The lowest BCUT2D eigenvalue weighted by molar-refractivity contribution is -0.136. The number of para-hydroxylation sites is 1. The highest BCUT2D eigenvalue weighted by Gasteiger charge is 2.26. The molecule has 1 atom stereocenters. The highest BCUT2D eigenvalue weighted by atomic mass is 16.5. The van der Waals surface area contributed by atoms with Gasteiger partial charge in [0.05, 0.1) is 12.7 Å². The number of nitrogens with two attached hydrogens (primary N) is 1. The van der Waals surface area contributed by atoms with Gasteiger partial charge in [0.25, 0.3) is 5.91 Å². The standard InChI is InChI=1S/C23H34N2O5/c1-28-19-10-8-18(9-11-19)20-6-2-3-7-21(20)30-16-23(27)25-12-4-5-17(13-25)14-29-15-22(24)26/h2-3,6-7,17-19H,4-5,8-16H2,1H3,(H2,24,26). The maximum atomic E-state index is 12.7. The molecule has 1 aliphatic heterocycles. The monoisotopic (exact) mass is 418 g/mol. The van der Waals surface area contributed by atoms with Crippen LogP contribution < -0.4 is 10.5 Å². The van der Waals surface area contributed by atoms with Gasteiger partial charge in [-0.1, -0.05) is 18.2 Å². The fourth-order valence-corrected chi connectivity index (χ4v) is 4.54. The molecule has 1 aliphatic carbocycles. The van der Waals surface area contributed by atoms with Crippen LogP contribution in [0.3, 0.4) is 0 Å². The Morgan fingerprint density at radius 2 is 1.87 bits per heavy atom. The number of hydrogen-bond acceptors (Lipinski definition) is 5. The van der Waals surface area contributed by atoms with E-state index in [9.17, 15) is 9.59 Å². The van der Waals surface area contributed by atoms with E-state index in [0.29, 0.717) is 25.2 Å². The van der Waals surface area contributed by atoms with Gasteiger partial charge in [-0.05, 0) is 62.0 Å². The quantitative estimate of drug-likeness (QED) is 0.665.